The fraction of sp³-hybridized carbons (Fsp3) is 0.833. The van der Waals surface area contributed by atoms with E-state index in [4.69, 9.17) is 27.2 Å². The van der Waals surface area contributed by atoms with Crippen LogP contribution in [-0.4, -0.2) is 36.2 Å². The molecule has 0 amide bonds. The zero-order valence-corrected chi connectivity index (χ0v) is 11.1. The predicted molar refractivity (Wildman–Crippen MR) is 40.8 cm³/mol. The van der Waals surface area contributed by atoms with Crippen LogP contribution in [0, 0.1) is 6.61 Å². The molecule has 1 aliphatic heterocycles. The van der Waals surface area contributed by atoms with Crippen LogP contribution in [0.25, 0.3) is 0 Å². The zero-order chi connectivity index (χ0) is 10.5. The van der Waals surface area contributed by atoms with Crippen molar-refractivity contribution in [1.29, 1.82) is 0 Å². The average molecular weight is 234 g/mol. The van der Waals surface area contributed by atoms with Gasteiger partial charge < -0.3 is 14.6 Å². The Morgan fingerprint density at radius 3 is 2.00 bits per heavy atom. The maximum atomic E-state index is 8.47. The van der Waals surface area contributed by atoms with Gasteiger partial charge in [-0.05, 0) is 20.0 Å². The van der Waals surface area contributed by atoms with Gasteiger partial charge in [0.1, 0.15) is 0 Å². The Labute approximate surface area is 106 Å². The molecule has 1 atom stereocenters. The first kappa shape index (κ1) is 16.9. The van der Waals surface area contributed by atoms with E-state index in [9.17, 15) is 0 Å². The second kappa shape index (κ2) is 7.75. The van der Waals surface area contributed by atoms with E-state index >= 15 is 0 Å². The van der Waals surface area contributed by atoms with Crippen LogP contribution in [0.2, 0.25) is 0 Å². The van der Waals surface area contributed by atoms with Gasteiger partial charge >= 0.3 is 40.2 Å². The van der Waals surface area contributed by atoms with Gasteiger partial charge in [0.2, 0.25) is 0 Å². The van der Waals surface area contributed by atoms with Crippen LogP contribution in [0.5, 0.6) is 0 Å². The fourth-order valence-electron chi connectivity index (χ4n) is 0.789. The molecular weight excluding hydrogens is 223 g/mol. The third kappa shape index (κ3) is 9.07. The maximum Gasteiger partial charge on any atom is 1.00 e. The third-order valence-electron chi connectivity index (χ3n) is 1.20. The Morgan fingerprint density at radius 1 is 1.43 bits per heavy atom. The monoisotopic (exact) mass is 234 g/mol. The van der Waals surface area contributed by atoms with E-state index in [1.807, 2.05) is 13.8 Å². The summed E-state index contributed by atoms with van der Waals surface area (Å²) in [5.41, 5.74) is 0. The minimum absolute atomic E-state index is 0. The van der Waals surface area contributed by atoms with Crippen molar-refractivity contribution in [3.8, 4) is 0 Å². The molecule has 0 aromatic carbocycles. The van der Waals surface area contributed by atoms with Crippen LogP contribution in [-0.2, 0) is 20.1 Å². The molecule has 0 spiro atoms. The summed E-state index contributed by atoms with van der Waals surface area (Å²) in [6, 6.07) is 0. The number of rotatable bonds is 1. The fourth-order valence-corrected chi connectivity index (χ4v) is 0.789. The summed E-state index contributed by atoms with van der Waals surface area (Å²) in [5, 5.41) is 8.47. The van der Waals surface area contributed by atoms with Gasteiger partial charge in [0.15, 0.2) is 5.79 Å². The topological polar surface area (TPSA) is 89.9 Å². The van der Waals surface area contributed by atoms with Crippen LogP contribution in [0.4, 0.5) is 0 Å². The summed E-state index contributed by atoms with van der Waals surface area (Å²) in [7, 11) is -3.11. The number of aliphatic hydroxyl groups excluding tert-OH is 1. The van der Waals surface area contributed by atoms with Gasteiger partial charge in [-0.1, -0.05) is 0 Å². The first-order valence-electron chi connectivity index (χ1n) is 3.43. The molecule has 1 heterocycles. The van der Waals surface area contributed by atoms with Crippen LogP contribution in [0.1, 0.15) is 13.8 Å². The van der Waals surface area contributed by atoms with Crippen LogP contribution in [0.3, 0.4) is 0 Å². The Hall–Kier alpha value is 0.500. The molecule has 6 nitrogen and oxygen atoms in total. The van der Waals surface area contributed by atoms with E-state index in [1.165, 1.54) is 0 Å². The Balaban J connectivity index is 0. The SMILES string of the molecule is CC1(C)OC[C@H]([CH-]O)O1.O=S(=O)=O.[Na+]. The van der Waals surface area contributed by atoms with Gasteiger partial charge in [-0.3, -0.25) is 0 Å². The molecule has 1 fully saturated rings. The van der Waals surface area contributed by atoms with E-state index in [1.54, 1.807) is 0 Å². The molecular formula is C6H11NaO6S. The van der Waals surface area contributed by atoms with Crippen LogP contribution in [0.15, 0.2) is 0 Å². The summed E-state index contributed by atoms with van der Waals surface area (Å²) in [4.78, 5) is 0. The van der Waals surface area contributed by atoms with Gasteiger partial charge in [-0.2, -0.15) is 6.61 Å². The van der Waals surface area contributed by atoms with Gasteiger partial charge in [0.25, 0.3) is 0 Å². The molecule has 1 saturated heterocycles. The van der Waals surface area contributed by atoms with E-state index in [-0.39, 0.29) is 35.7 Å². The first-order chi connectivity index (χ1) is 5.87. The van der Waals surface area contributed by atoms with Crippen molar-refractivity contribution in [2.75, 3.05) is 6.61 Å². The van der Waals surface area contributed by atoms with Gasteiger partial charge in [-0.15, -0.1) is 12.6 Å². The van der Waals surface area contributed by atoms with E-state index in [0.29, 0.717) is 6.61 Å². The minimum atomic E-state index is -3.11. The molecule has 78 valence electrons. The van der Waals surface area contributed by atoms with Crippen molar-refractivity contribution in [3.05, 3.63) is 6.61 Å². The largest absolute Gasteiger partial charge is 1.00 e. The maximum absolute atomic E-state index is 8.47. The standard InChI is InChI=1S/C6H11O3.Na.O3S/c1-6(2)8-4-5(3-7)9-6;;1-4(2)3/h3,5,7H,4H2,1-2H3;;/q-1;+1;/t5-;;/m0../s1. The molecule has 1 N–H and O–H groups in total. The number of ether oxygens (including phenoxy) is 2. The third-order valence-corrected chi connectivity index (χ3v) is 1.20. The average Bonchev–Trinajstić information content (AvgIpc) is 2.28. The Kier molecular flexibility index (Phi) is 9.36. The van der Waals surface area contributed by atoms with Crippen molar-refractivity contribution < 1.29 is 56.8 Å². The smallest absolute Gasteiger partial charge is 0.563 e. The zero-order valence-electron chi connectivity index (χ0n) is 8.26. The molecule has 1 aliphatic rings. The first-order valence-corrected chi connectivity index (χ1v) is 4.43. The van der Waals surface area contributed by atoms with Crippen molar-refractivity contribution >= 4 is 10.6 Å². The van der Waals surface area contributed by atoms with Crippen molar-refractivity contribution in [1.82, 2.24) is 0 Å². The summed E-state index contributed by atoms with van der Waals surface area (Å²) >= 11 is 0. The molecule has 0 aliphatic carbocycles. The number of hydrogen-bond donors (Lipinski definition) is 1. The molecule has 0 bridgehead atoms. The molecule has 8 heteroatoms. The summed E-state index contributed by atoms with van der Waals surface area (Å²) in [6.07, 6.45) is -0.250. The van der Waals surface area contributed by atoms with Crippen molar-refractivity contribution in [2.24, 2.45) is 0 Å². The molecule has 0 saturated carbocycles. The van der Waals surface area contributed by atoms with Gasteiger partial charge in [0, 0.05) is 0 Å². The van der Waals surface area contributed by atoms with Crippen LogP contribution < -0.4 is 29.6 Å². The summed E-state index contributed by atoms with van der Waals surface area (Å²) < 4.78 is 35.6. The molecule has 0 aromatic heterocycles. The van der Waals surface area contributed by atoms with E-state index in [2.05, 4.69) is 0 Å². The Bertz CT molecular complexity index is 240. The second-order valence-corrected chi connectivity index (χ2v) is 3.13. The Morgan fingerprint density at radius 2 is 1.86 bits per heavy atom. The van der Waals surface area contributed by atoms with Crippen molar-refractivity contribution in [2.45, 2.75) is 25.7 Å². The quantitative estimate of drug-likeness (QED) is 0.377. The number of aliphatic hydroxyl groups is 1. The van der Waals surface area contributed by atoms with E-state index in [0.717, 1.165) is 6.61 Å². The molecule has 0 radical (unpaired) electrons. The van der Waals surface area contributed by atoms with Gasteiger partial charge in [-0.25, -0.2) is 0 Å². The molecule has 1 rings (SSSR count). The summed E-state index contributed by atoms with van der Waals surface area (Å²) in [6.45, 7) is 5.09. The minimum Gasteiger partial charge on any atom is -0.563 e. The molecule has 0 unspecified atom stereocenters. The van der Waals surface area contributed by atoms with Gasteiger partial charge in [0.05, 0.1) is 6.61 Å². The number of hydrogen-bond acceptors (Lipinski definition) is 6. The molecule has 14 heavy (non-hydrogen) atoms. The summed E-state index contributed by atoms with van der Waals surface area (Å²) in [5.74, 6) is -0.524. The molecule has 0 aromatic rings. The van der Waals surface area contributed by atoms with Crippen LogP contribution >= 0.6 is 0 Å². The normalized spacial score (nSPS) is 22.9. The van der Waals surface area contributed by atoms with Crippen molar-refractivity contribution in [3.63, 3.8) is 0 Å². The predicted octanol–water partition coefficient (Wildman–Crippen LogP) is -3.33. The second-order valence-electron chi connectivity index (χ2n) is 2.72. The van der Waals surface area contributed by atoms with E-state index < -0.39 is 16.4 Å².